The minimum Gasteiger partial charge on any atom is -0.465 e. The van der Waals surface area contributed by atoms with E-state index in [9.17, 15) is 19.5 Å². The molecule has 2 bridgehead atoms. The Balaban J connectivity index is 1.83. The third-order valence-corrected chi connectivity index (χ3v) is 8.57. The van der Waals surface area contributed by atoms with Gasteiger partial charge in [-0.1, -0.05) is 58.4 Å². The van der Waals surface area contributed by atoms with Gasteiger partial charge in [0, 0.05) is 17.4 Å². The monoisotopic (exact) mass is 574 g/mol. The van der Waals surface area contributed by atoms with E-state index in [1.165, 1.54) is 4.90 Å². The number of benzene rings is 1. The molecule has 1 spiro atoms. The average molecular weight is 576 g/mol. The van der Waals surface area contributed by atoms with E-state index in [-0.39, 0.29) is 35.9 Å². The van der Waals surface area contributed by atoms with Gasteiger partial charge in [-0.15, -0.1) is 13.2 Å². The lowest BCUT2D eigenvalue weighted by molar-refractivity contribution is -0.156. The molecule has 0 saturated carbocycles. The number of aliphatic hydroxyl groups is 1. The molecule has 3 saturated heterocycles. The molecule has 3 aliphatic heterocycles. The Kier molecular flexibility index (Phi) is 8.26. The minimum atomic E-state index is -1.23. The van der Waals surface area contributed by atoms with Gasteiger partial charge in [0.25, 0.3) is 0 Å². The summed E-state index contributed by atoms with van der Waals surface area (Å²) in [7, 11) is 0. The smallest absolute Gasteiger partial charge is 0.312 e. The van der Waals surface area contributed by atoms with Crippen molar-refractivity contribution in [2.24, 2.45) is 11.8 Å². The summed E-state index contributed by atoms with van der Waals surface area (Å²) in [6.07, 6.45) is 3.57. The Morgan fingerprint density at radius 2 is 2.00 bits per heavy atom. The Morgan fingerprint density at radius 3 is 2.59 bits per heavy atom. The lowest BCUT2D eigenvalue weighted by Crippen LogP contribution is -2.58. The fourth-order valence-corrected chi connectivity index (χ4v) is 7.11. The number of amides is 2. The second-order valence-corrected chi connectivity index (χ2v) is 11.3. The number of aliphatic hydroxyl groups excluding tert-OH is 1. The third-order valence-electron chi connectivity index (χ3n) is 7.72. The van der Waals surface area contributed by atoms with Gasteiger partial charge < -0.3 is 24.4 Å². The van der Waals surface area contributed by atoms with Crippen LogP contribution in [0.5, 0.6) is 0 Å². The summed E-state index contributed by atoms with van der Waals surface area (Å²) in [6.45, 7) is 11.3. The zero-order valence-corrected chi connectivity index (χ0v) is 22.9. The van der Waals surface area contributed by atoms with Gasteiger partial charge in [-0.25, -0.2) is 0 Å². The van der Waals surface area contributed by atoms with Crippen LogP contribution in [0.1, 0.15) is 38.3 Å². The highest BCUT2D eigenvalue weighted by molar-refractivity contribution is 9.09. The van der Waals surface area contributed by atoms with Gasteiger partial charge >= 0.3 is 5.97 Å². The first-order valence-electron chi connectivity index (χ1n) is 12.7. The van der Waals surface area contributed by atoms with Gasteiger partial charge in [0.05, 0.1) is 37.2 Å². The zero-order chi connectivity index (χ0) is 26.9. The van der Waals surface area contributed by atoms with E-state index in [4.69, 9.17) is 9.47 Å². The number of hydrogen-bond acceptors (Lipinski definition) is 6. The van der Waals surface area contributed by atoms with Crippen LogP contribution in [-0.2, 0) is 23.9 Å². The number of fused-ring (bicyclic) bond motifs is 1. The second kappa shape index (κ2) is 11.1. The summed E-state index contributed by atoms with van der Waals surface area (Å²) in [6, 6.07) is 7.15. The van der Waals surface area contributed by atoms with E-state index < -0.39 is 41.6 Å². The van der Waals surface area contributed by atoms with Crippen molar-refractivity contribution in [1.29, 1.82) is 0 Å². The molecule has 4 rings (SSSR count). The van der Waals surface area contributed by atoms with Crippen molar-refractivity contribution in [1.82, 2.24) is 9.80 Å². The highest BCUT2D eigenvalue weighted by atomic mass is 79.9. The molecule has 2 amide bonds. The van der Waals surface area contributed by atoms with Crippen molar-refractivity contribution in [3.05, 3.63) is 61.2 Å². The summed E-state index contributed by atoms with van der Waals surface area (Å²) in [4.78, 5) is 44.7. The number of ether oxygens (including phenoxy) is 2. The summed E-state index contributed by atoms with van der Waals surface area (Å²) >= 11 is 3.66. The second-order valence-electron chi connectivity index (χ2n) is 10.1. The molecule has 1 N–H and O–H groups in total. The van der Waals surface area contributed by atoms with Gasteiger partial charge in [-0.05, 0) is 32.3 Å². The quantitative estimate of drug-likeness (QED) is 0.189. The van der Waals surface area contributed by atoms with Crippen LogP contribution in [0, 0.1) is 11.8 Å². The Labute approximate surface area is 226 Å². The first-order valence-corrected chi connectivity index (χ1v) is 13.6. The van der Waals surface area contributed by atoms with Crippen LogP contribution < -0.4 is 0 Å². The summed E-state index contributed by atoms with van der Waals surface area (Å²) in [5.74, 6) is -2.95. The van der Waals surface area contributed by atoms with Gasteiger partial charge in [-0.3, -0.25) is 14.4 Å². The molecule has 0 aromatic heterocycles. The van der Waals surface area contributed by atoms with Crippen LogP contribution in [0.4, 0.5) is 0 Å². The Morgan fingerprint density at radius 1 is 1.30 bits per heavy atom. The average Bonchev–Trinajstić information content (AvgIpc) is 3.47. The molecular weight excluding hydrogens is 540 g/mol. The molecule has 7 atom stereocenters. The number of likely N-dealkylation sites (tertiary alicyclic amines) is 1. The van der Waals surface area contributed by atoms with E-state index >= 15 is 0 Å². The third kappa shape index (κ3) is 4.55. The number of rotatable bonds is 11. The van der Waals surface area contributed by atoms with Crippen LogP contribution in [0.15, 0.2) is 55.6 Å². The molecule has 3 unspecified atom stereocenters. The van der Waals surface area contributed by atoms with Crippen molar-refractivity contribution in [3.8, 4) is 0 Å². The van der Waals surface area contributed by atoms with Gasteiger partial charge in [0.2, 0.25) is 11.8 Å². The summed E-state index contributed by atoms with van der Waals surface area (Å²) < 4.78 is 12.0. The molecule has 200 valence electrons. The molecule has 8 nitrogen and oxygen atoms in total. The standard InChI is InChI=1S/C28H35BrN2O6/c1-5-7-14-36-27(35)21-22-25(33)31(20(16-32)18-11-9-8-10-12-18)24(26(34)30(13-6-2)17(3)4)28(22)15-19(29)23(21)37-28/h5-6,8-12,17,19-24,32H,1-2,7,13-16H2,3-4H3/t19?,20-,21-,22+,23-,24?,28?/m1/s1. The van der Waals surface area contributed by atoms with E-state index in [0.29, 0.717) is 24.9 Å². The highest BCUT2D eigenvalue weighted by Crippen LogP contribution is 2.61. The Hall–Kier alpha value is -2.49. The van der Waals surface area contributed by atoms with Crippen LogP contribution in [0.25, 0.3) is 0 Å². The van der Waals surface area contributed by atoms with Crippen LogP contribution in [-0.4, -0.2) is 81.1 Å². The largest absolute Gasteiger partial charge is 0.465 e. The van der Waals surface area contributed by atoms with E-state index in [0.717, 1.165) is 0 Å². The molecule has 0 aliphatic carbocycles. The van der Waals surface area contributed by atoms with Crippen LogP contribution in [0.2, 0.25) is 0 Å². The number of alkyl halides is 1. The molecule has 1 aromatic rings. The predicted molar refractivity (Wildman–Crippen MR) is 142 cm³/mol. The van der Waals surface area contributed by atoms with Gasteiger partial charge in [0.15, 0.2) is 0 Å². The molecule has 3 fully saturated rings. The molecule has 0 radical (unpaired) electrons. The first-order chi connectivity index (χ1) is 17.7. The zero-order valence-electron chi connectivity index (χ0n) is 21.3. The maximum Gasteiger partial charge on any atom is 0.312 e. The maximum absolute atomic E-state index is 14.3. The number of halogens is 1. The first kappa shape index (κ1) is 27.5. The minimum absolute atomic E-state index is 0.155. The molecule has 3 aliphatic rings. The number of nitrogens with zero attached hydrogens (tertiary/aromatic N) is 2. The Bertz CT molecular complexity index is 1050. The number of esters is 1. The van der Waals surface area contributed by atoms with Gasteiger partial charge in [-0.2, -0.15) is 0 Å². The lowest BCUT2D eigenvalue weighted by atomic mass is 9.70. The van der Waals surface area contributed by atoms with E-state index in [1.54, 1.807) is 17.1 Å². The number of hydrogen-bond donors (Lipinski definition) is 1. The molecule has 37 heavy (non-hydrogen) atoms. The SMILES string of the molecule is C=CCCOC(=O)[C@H]1[C@@H]2OC3(CC2Br)C(C(=O)N(CC=C)C(C)C)N([C@H](CO)c2ccccc2)C(=O)[C@H]13. The summed E-state index contributed by atoms with van der Waals surface area (Å²) in [5.41, 5.74) is -0.534. The molecule has 3 heterocycles. The fraction of sp³-hybridized carbons (Fsp3) is 0.536. The molecular formula is C28H35BrN2O6. The topological polar surface area (TPSA) is 96.4 Å². The van der Waals surface area contributed by atoms with E-state index in [2.05, 4.69) is 29.1 Å². The van der Waals surface area contributed by atoms with Crippen molar-refractivity contribution >= 4 is 33.7 Å². The number of carbonyl (C=O) groups excluding carboxylic acids is 3. The molecule has 1 aromatic carbocycles. The van der Waals surface area contributed by atoms with Crippen molar-refractivity contribution < 1.29 is 29.0 Å². The van der Waals surface area contributed by atoms with E-state index in [1.807, 2.05) is 44.2 Å². The van der Waals surface area contributed by atoms with Crippen LogP contribution in [0.3, 0.4) is 0 Å². The predicted octanol–water partition coefficient (Wildman–Crippen LogP) is 3.01. The van der Waals surface area contributed by atoms with Crippen molar-refractivity contribution in [3.63, 3.8) is 0 Å². The van der Waals surface area contributed by atoms with Crippen LogP contribution >= 0.6 is 15.9 Å². The van der Waals surface area contributed by atoms with Gasteiger partial charge in [0.1, 0.15) is 11.6 Å². The van der Waals surface area contributed by atoms with Crippen molar-refractivity contribution in [2.45, 2.75) is 61.3 Å². The molecule has 9 heteroatoms. The number of carbonyl (C=O) groups is 3. The normalized spacial score (nSPS) is 30.8. The fourth-order valence-electron chi connectivity index (χ4n) is 6.17. The highest BCUT2D eigenvalue weighted by Gasteiger charge is 2.77. The maximum atomic E-state index is 14.3. The van der Waals surface area contributed by atoms with Crippen molar-refractivity contribution in [2.75, 3.05) is 19.8 Å². The lowest BCUT2D eigenvalue weighted by Gasteiger charge is -2.40. The summed E-state index contributed by atoms with van der Waals surface area (Å²) in [5, 5.41) is 10.5.